The number of nitrogens with one attached hydrogen (secondary N) is 1. The van der Waals surface area contributed by atoms with Gasteiger partial charge in [0.05, 0.1) is 18.9 Å². The molecule has 1 unspecified atom stereocenters. The summed E-state index contributed by atoms with van der Waals surface area (Å²) in [6.07, 6.45) is -3.19. The van der Waals surface area contributed by atoms with Crippen molar-refractivity contribution >= 4 is 23.2 Å². The maximum absolute atomic E-state index is 13.8. The van der Waals surface area contributed by atoms with Crippen molar-refractivity contribution in [3.05, 3.63) is 46.7 Å². The van der Waals surface area contributed by atoms with Crippen molar-refractivity contribution in [2.45, 2.75) is 25.1 Å². The number of ether oxygens (including phenoxy) is 2. The topological polar surface area (TPSA) is 77.8 Å². The molecule has 1 aliphatic rings. The number of benzene rings is 1. The molecule has 1 amide bonds. The van der Waals surface area contributed by atoms with Crippen LogP contribution < -0.4 is 10.1 Å². The van der Waals surface area contributed by atoms with Crippen LogP contribution in [0.3, 0.4) is 0 Å². The lowest BCUT2D eigenvalue weighted by molar-refractivity contribution is -0.142. The minimum Gasteiger partial charge on any atom is -0.497 e. The molecule has 0 saturated carbocycles. The molecule has 3 heterocycles. The summed E-state index contributed by atoms with van der Waals surface area (Å²) in [6, 6.07) is 7.24. The van der Waals surface area contributed by atoms with Crippen LogP contribution >= 0.6 is 11.6 Å². The first-order valence-electron chi connectivity index (χ1n) is 9.48. The molecule has 1 atom stereocenters. The van der Waals surface area contributed by atoms with Gasteiger partial charge < -0.3 is 14.8 Å². The fourth-order valence-electron chi connectivity index (χ4n) is 3.34. The second kappa shape index (κ2) is 8.35. The summed E-state index contributed by atoms with van der Waals surface area (Å²) >= 11 is 6.25. The lowest BCUT2D eigenvalue weighted by Crippen LogP contribution is -2.32. The lowest BCUT2D eigenvalue weighted by Gasteiger charge is -2.11. The van der Waals surface area contributed by atoms with Crippen molar-refractivity contribution in [1.29, 1.82) is 0 Å². The Morgan fingerprint density at radius 3 is 2.71 bits per heavy atom. The number of alkyl halides is 3. The van der Waals surface area contributed by atoms with Crippen molar-refractivity contribution in [1.82, 2.24) is 19.9 Å². The van der Waals surface area contributed by atoms with Crippen molar-refractivity contribution in [2.75, 3.05) is 20.3 Å². The molecule has 0 spiro atoms. The minimum absolute atomic E-state index is 0.0376. The van der Waals surface area contributed by atoms with Crippen molar-refractivity contribution in [3.63, 3.8) is 0 Å². The van der Waals surface area contributed by atoms with E-state index in [0.717, 1.165) is 18.9 Å². The summed E-state index contributed by atoms with van der Waals surface area (Å²) in [7, 11) is 1.48. The molecule has 4 rings (SSSR count). The van der Waals surface area contributed by atoms with Gasteiger partial charge >= 0.3 is 6.18 Å². The Morgan fingerprint density at radius 1 is 1.35 bits per heavy atom. The smallest absolute Gasteiger partial charge is 0.433 e. The Balaban J connectivity index is 1.75. The molecular weight excluding hydrogens is 437 g/mol. The van der Waals surface area contributed by atoms with E-state index >= 15 is 0 Å². The Hall–Kier alpha value is -2.85. The van der Waals surface area contributed by atoms with Gasteiger partial charge in [0.15, 0.2) is 17.0 Å². The maximum atomic E-state index is 13.8. The van der Waals surface area contributed by atoms with Crippen LogP contribution in [-0.4, -0.2) is 46.9 Å². The molecule has 0 aliphatic carbocycles. The third kappa shape index (κ3) is 4.31. The first-order valence-corrected chi connectivity index (χ1v) is 9.86. The van der Waals surface area contributed by atoms with Crippen molar-refractivity contribution in [2.24, 2.45) is 0 Å². The molecule has 7 nitrogen and oxygen atoms in total. The van der Waals surface area contributed by atoms with Crippen molar-refractivity contribution < 1.29 is 27.4 Å². The second-order valence-electron chi connectivity index (χ2n) is 7.00. The second-order valence-corrected chi connectivity index (χ2v) is 7.37. The van der Waals surface area contributed by atoms with Gasteiger partial charge in [-0.1, -0.05) is 11.6 Å². The van der Waals surface area contributed by atoms with E-state index in [1.165, 1.54) is 7.11 Å². The summed E-state index contributed by atoms with van der Waals surface area (Å²) in [5, 5.41) is 6.17. The zero-order valence-corrected chi connectivity index (χ0v) is 17.1. The average molecular weight is 455 g/mol. The van der Waals surface area contributed by atoms with Gasteiger partial charge in [-0.05, 0) is 43.2 Å². The number of hydrogen-bond acceptors (Lipinski definition) is 5. The van der Waals surface area contributed by atoms with E-state index in [-0.39, 0.29) is 34.7 Å². The fourth-order valence-corrected chi connectivity index (χ4v) is 3.59. The van der Waals surface area contributed by atoms with Crippen LogP contribution in [-0.2, 0) is 10.9 Å². The van der Waals surface area contributed by atoms with E-state index in [2.05, 4.69) is 15.4 Å². The molecule has 1 aliphatic heterocycles. The van der Waals surface area contributed by atoms with Gasteiger partial charge in [-0.15, -0.1) is 0 Å². The molecule has 1 aromatic carbocycles. The number of hydrogen-bond donors (Lipinski definition) is 1. The van der Waals surface area contributed by atoms with Crippen LogP contribution in [0.5, 0.6) is 5.75 Å². The van der Waals surface area contributed by atoms with Gasteiger partial charge in [-0.3, -0.25) is 4.79 Å². The standard InChI is InChI=1S/C20H18ClF3N4O3/c1-30-12-6-4-11(5-7-12)14-9-15(20(22,23)24)28-18(26-14)16(21)17(27-28)19(29)25-10-13-3-2-8-31-13/h4-7,9,13H,2-3,8,10H2,1H3,(H,25,29). The normalized spacial score (nSPS) is 16.6. The highest BCUT2D eigenvalue weighted by Crippen LogP contribution is 2.34. The van der Waals surface area contributed by atoms with E-state index in [9.17, 15) is 18.0 Å². The van der Waals surface area contributed by atoms with Crippen LogP contribution in [0.4, 0.5) is 13.2 Å². The molecule has 31 heavy (non-hydrogen) atoms. The maximum Gasteiger partial charge on any atom is 0.433 e. The van der Waals surface area contributed by atoms with E-state index in [0.29, 0.717) is 22.4 Å². The number of halogens is 4. The van der Waals surface area contributed by atoms with Gasteiger partial charge in [0.25, 0.3) is 5.91 Å². The first kappa shape index (κ1) is 21.4. The number of carbonyl (C=O) groups excluding carboxylic acids is 1. The molecule has 164 valence electrons. The summed E-state index contributed by atoms with van der Waals surface area (Å²) in [5.74, 6) is -0.140. The summed E-state index contributed by atoms with van der Waals surface area (Å²) in [5.41, 5.74) is -1.22. The Morgan fingerprint density at radius 2 is 2.10 bits per heavy atom. The SMILES string of the molecule is COc1ccc(-c2cc(C(F)(F)F)n3nc(C(=O)NCC4CCCO4)c(Cl)c3n2)cc1. The van der Waals surface area contributed by atoms with Crippen molar-refractivity contribution in [3.8, 4) is 17.0 Å². The predicted molar refractivity (Wildman–Crippen MR) is 106 cm³/mol. The number of nitrogens with zero attached hydrogens (tertiary/aromatic N) is 3. The molecule has 11 heteroatoms. The van der Waals surface area contributed by atoms with E-state index in [1.54, 1.807) is 24.3 Å². The number of fused-ring (bicyclic) bond motifs is 1. The van der Waals surface area contributed by atoms with Crippen LogP contribution in [0.1, 0.15) is 29.0 Å². The molecule has 0 radical (unpaired) electrons. The number of aromatic nitrogens is 3. The minimum atomic E-state index is -4.75. The lowest BCUT2D eigenvalue weighted by atomic mass is 10.1. The van der Waals surface area contributed by atoms with Gasteiger partial charge in [0.2, 0.25) is 0 Å². The predicted octanol–water partition coefficient (Wildman–Crippen LogP) is 3.99. The number of amides is 1. The highest BCUT2D eigenvalue weighted by atomic mass is 35.5. The molecule has 1 saturated heterocycles. The van der Waals surface area contributed by atoms with Gasteiger partial charge in [-0.2, -0.15) is 18.3 Å². The number of methoxy groups -OCH3 is 1. The first-order chi connectivity index (χ1) is 14.8. The highest BCUT2D eigenvalue weighted by molar-refractivity contribution is 6.36. The Kier molecular flexibility index (Phi) is 5.76. The summed E-state index contributed by atoms with van der Waals surface area (Å²) < 4.78 is 52.3. The highest BCUT2D eigenvalue weighted by Gasteiger charge is 2.36. The monoisotopic (exact) mass is 454 g/mol. The molecule has 1 fully saturated rings. The molecule has 3 aromatic rings. The Labute approximate surface area is 180 Å². The van der Waals surface area contributed by atoms with Gasteiger partial charge in [0.1, 0.15) is 10.8 Å². The van der Waals surface area contributed by atoms with E-state index in [4.69, 9.17) is 21.1 Å². The Bertz CT molecular complexity index is 1110. The third-order valence-electron chi connectivity index (χ3n) is 4.94. The quantitative estimate of drug-likeness (QED) is 0.631. The van der Waals surface area contributed by atoms with E-state index < -0.39 is 17.8 Å². The van der Waals surface area contributed by atoms with Crippen LogP contribution in [0.25, 0.3) is 16.9 Å². The van der Waals surface area contributed by atoms with Crippen LogP contribution in [0.15, 0.2) is 30.3 Å². The molecule has 2 aromatic heterocycles. The number of carbonyl (C=O) groups is 1. The summed E-state index contributed by atoms with van der Waals surface area (Å²) in [4.78, 5) is 16.8. The molecule has 1 N–H and O–H groups in total. The zero-order chi connectivity index (χ0) is 22.2. The third-order valence-corrected chi connectivity index (χ3v) is 5.29. The molecule has 0 bridgehead atoms. The van der Waals surface area contributed by atoms with Crippen LogP contribution in [0.2, 0.25) is 5.02 Å². The zero-order valence-electron chi connectivity index (χ0n) is 16.4. The number of rotatable bonds is 5. The molecular formula is C20H18ClF3N4O3. The van der Waals surface area contributed by atoms with Crippen LogP contribution in [0, 0.1) is 0 Å². The summed E-state index contributed by atoms with van der Waals surface area (Å²) in [6.45, 7) is 0.836. The van der Waals surface area contributed by atoms with Gasteiger partial charge in [0, 0.05) is 18.7 Å². The van der Waals surface area contributed by atoms with E-state index in [1.807, 2.05) is 0 Å². The average Bonchev–Trinajstić information content (AvgIpc) is 3.39. The van der Waals surface area contributed by atoms with Gasteiger partial charge in [-0.25, -0.2) is 9.50 Å². The fraction of sp³-hybridized carbons (Fsp3) is 0.350. The largest absolute Gasteiger partial charge is 0.497 e.